The number of carbonyl (C=O) groups excluding carboxylic acids is 1. The number of thiocarbonyl (C=S) groups is 1. The van der Waals surface area contributed by atoms with Gasteiger partial charge < -0.3 is 5.32 Å². The normalized spacial score (nSPS) is 18.2. The van der Waals surface area contributed by atoms with Crippen LogP contribution in [0.4, 0.5) is 16.2 Å². The molecule has 29 heavy (non-hydrogen) atoms. The minimum absolute atomic E-state index is 0.100. The molecule has 0 aliphatic carbocycles. The van der Waals surface area contributed by atoms with Gasteiger partial charge in [-0.1, -0.05) is 30.0 Å². The maximum absolute atomic E-state index is 12.6. The molecule has 1 aliphatic heterocycles. The van der Waals surface area contributed by atoms with Crippen LogP contribution < -0.4 is 5.32 Å². The lowest BCUT2D eigenvalue weighted by Crippen LogP contribution is -2.54. The average molecular weight is 452 g/mol. The van der Waals surface area contributed by atoms with E-state index in [-0.39, 0.29) is 5.69 Å². The number of hydrogen-bond acceptors (Lipinski definition) is 8. The lowest BCUT2D eigenvalue weighted by atomic mass is 10.1. The fraction of sp³-hybridized carbons (Fsp3) is 0.235. The number of urea groups is 1. The van der Waals surface area contributed by atoms with Crippen molar-refractivity contribution in [2.75, 3.05) is 5.32 Å². The molecular formula is C17H17N5O4S3. The van der Waals surface area contributed by atoms with Crippen molar-refractivity contribution < 1.29 is 14.9 Å². The van der Waals surface area contributed by atoms with Crippen LogP contribution in [-0.2, 0) is 0 Å². The summed E-state index contributed by atoms with van der Waals surface area (Å²) >= 11 is 8.20. The second kappa shape index (κ2) is 8.45. The number of nitro groups is 1. The maximum atomic E-state index is 12.6. The Balaban J connectivity index is 1.78. The number of thiophene rings is 1. The van der Waals surface area contributed by atoms with Gasteiger partial charge in [0.25, 0.3) is 5.69 Å². The van der Waals surface area contributed by atoms with Crippen molar-refractivity contribution in [3.05, 3.63) is 56.8 Å². The number of benzene rings is 1. The van der Waals surface area contributed by atoms with Crippen LogP contribution in [-0.4, -0.2) is 47.7 Å². The van der Waals surface area contributed by atoms with Crippen LogP contribution in [0.15, 0.2) is 46.9 Å². The molecule has 1 atom stereocenters. The molecule has 152 valence electrons. The summed E-state index contributed by atoms with van der Waals surface area (Å²) in [6.45, 7) is 3.69. The Labute approximate surface area is 180 Å². The number of anilines is 1. The van der Waals surface area contributed by atoms with E-state index in [9.17, 15) is 20.1 Å². The van der Waals surface area contributed by atoms with Gasteiger partial charge in [-0.3, -0.25) is 15.3 Å². The molecule has 1 aromatic heterocycles. The van der Waals surface area contributed by atoms with Gasteiger partial charge in [0.15, 0.2) is 10.5 Å². The van der Waals surface area contributed by atoms with E-state index in [2.05, 4.69) is 10.4 Å². The molecule has 9 nitrogen and oxygen atoms in total. The molecule has 3 rings (SSSR count). The third-order valence-electron chi connectivity index (χ3n) is 4.01. The number of nitro benzene ring substituents is 1. The minimum Gasteiger partial charge on any atom is -0.306 e. The van der Waals surface area contributed by atoms with Crippen molar-refractivity contribution >= 4 is 63.3 Å². The number of thioether (sulfide) groups is 1. The van der Waals surface area contributed by atoms with Crippen molar-refractivity contribution in [2.45, 2.75) is 24.8 Å². The Morgan fingerprint density at radius 2 is 2.10 bits per heavy atom. The van der Waals surface area contributed by atoms with Crippen molar-refractivity contribution in [2.24, 2.45) is 5.10 Å². The summed E-state index contributed by atoms with van der Waals surface area (Å²) in [7, 11) is 0. The third kappa shape index (κ3) is 4.72. The second-order valence-corrected chi connectivity index (χ2v) is 9.80. The van der Waals surface area contributed by atoms with Gasteiger partial charge in [-0.05, 0) is 37.4 Å². The Morgan fingerprint density at radius 1 is 1.41 bits per heavy atom. The van der Waals surface area contributed by atoms with Crippen LogP contribution in [0.5, 0.6) is 0 Å². The molecule has 2 N–H and O–H groups in total. The molecule has 1 unspecified atom stereocenters. The van der Waals surface area contributed by atoms with Gasteiger partial charge in [-0.25, -0.2) is 9.80 Å². The zero-order valence-electron chi connectivity index (χ0n) is 15.4. The van der Waals surface area contributed by atoms with Gasteiger partial charge >= 0.3 is 6.03 Å². The summed E-state index contributed by atoms with van der Waals surface area (Å²) in [5.74, 6) is 0. The lowest BCUT2D eigenvalue weighted by Gasteiger charge is -2.34. The van der Waals surface area contributed by atoms with E-state index in [4.69, 9.17) is 12.2 Å². The molecule has 0 bridgehead atoms. The highest BCUT2D eigenvalue weighted by Crippen LogP contribution is 2.42. The number of nitrogens with one attached hydrogen (secondary N) is 1. The predicted octanol–water partition coefficient (Wildman–Crippen LogP) is 4.35. The molecule has 1 aromatic carbocycles. The standard InChI is InChI=1S/C17H17N5O4S3/c1-17(2)14(20(16(27)29-17)18-10-13-4-3-9-28-13)21(24)15(23)19-11-5-7-12(8-6-11)22(25)26/h3-10,14,24H,1-2H3,(H,19,23)/b18-10+. The third-order valence-corrected chi connectivity index (χ3v) is 6.36. The Hall–Kier alpha value is -2.54. The topological polar surface area (TPSA) is 111 Å². The van der Waals surface area contributed by atoms with Crippen LogP contribution in [0.1, 0.15) is 18.7 Å². The van der Waals surface area contributed by atoms with Crippen LogP contribution in [0.25, 0.3) is 0 Å². The van der Waals surface area contributed by atoms with Crippen molar-refractivity contribution in [3.8, 4) is 0 Å². The van der Waals surface area contributed by atoms with Crippen molar-refractivity contribution in [1.29, 1.82) is 0 Å². The Morgan fingerprint density at radius 3 is 2.69 bits per heavy atom. The van der Waals surface area contributed by atoms with Crippen molar-refractivity contribution in [1.82, 2.24) is 10.1 Å². The average Bonchev–Trinajstić information content (AvgIpc) is 3.24. The molecule has 0 saturated carbocycles. The van der Waals surface area contributed by atoms with Gasteiger partial charge in [0.2, 0.25) is 0 Å². The molecule has 12 heteroatoms. The zero-order chi connectivity index (χ0) is 21.2. The summed E-state index contributed by atoms with van der Waals surface area (Å²) in [4.78, 5) is 23.7. The number of amides is 2. The second-order valence-electron chi connectivity index (χ2n) is 6.53. The molecule has 0 spiro atoms. The zero-order valence-corrected chi connectivity index (χ0v) is 17.8. The van der Waals surface area contributed by atoms with Gasteiger partial charge in [-0.15, -0.1) is 11.3 Å². The first-order chi connectivity index (χ1) is 13.7. The van der Waals surface area contributed by atoms with Crippen molar-refractivity contribution in [3.63, 3.8) is 0 Å². The number of carbonyl (C=O) groups is 1. The smallest absolute Gasteiger partial charge is 0.306 e. The highest BCUT2D eigenvalue weighted by molar-refractivity contribution is 8.24. The summed E-state index contributed by atoms with van der Waals surface area (Å²) in [5, 5.41) is 32.1. The summed E-state index contributed by atoms with van der Waals surface area (Å²) in [6.07, 6.45) is 0.767. The van der Waals surface area contributed by atoms with Gasteiger partial charge in [-0.2, -0.15) is 10.2 Å². The number of non-ortho nitro benzene ring substituents is 1. The molecule has 2 heterocycles. The maximum Gasteiger partial charge on any atom is 0.347 e. The number of hydrogen-bond donors (Lipinski definition) is 2. The van der Waals surface area contributed by atoms with E-state index in [0.717, 1.165) is 4.88 Å². The minimum atomic E-state index is -0.853. The first-order valence-corrected chi connectivity index (χ1v) is 10.4. The number of hydroxylamine groups is 2. The van der Waals surface area contributed by atoms with E-state index in [1.807, 2.05) is 31.4 Å². The predicted molar refractivity (Wildman–Crippen MR) is 118 cm³/mol. The molecule has 0 radical (unpaired) electrons. The fourth-order valence-corrected chi connectivity index (χ4v) is 5.04. The van der Waals surface area contributed by atoms with E-state index in [0.29, 0.717) is 15.1 Å². The SMILES string of the molecule is CC1(C)SC(=S)N(/N=C/c2cccs2)C1N(O)C(=O)Nc1ccc([N+](=O)[O-])cc1. The van der Waals surface area contributed by atoms with Crippen LogP contribution in [0.2, 0.25) is 0 Å². The quantitative estimate of drug-likeness (QED) is 0.228. The molecule has 1 saturated heterocycles. The van der Waals surface area contributed by atoms with E-state index >= 15 is 0 Å². The van der Waals surface area contributed by atoms with Gasteiger partial charge in [0.1, 0.15) is 0 Å². The first-order valence-electron chi connectivity index (χ1n) is 8.32. The van der Waals surface area contributed by atoms with Crippen LogP contribution in [0.3, 0.4) is 0 Å². The fourth-order valence-electron chi connectivity index (χ4n) is 2.67. The van der Waals surface area contributed by atoms with Crippen LogP contribution in [0, 0.1) is 10.1 Å². The summed E-state index contributed by atoms with van der Waals surface area (Å²) in [6, 6.07) is 8.27. The van der Waals surface area contributed by atoms with Gasteiger partial charge in [0, 0.05) is 22.7 Å². The summed E-state index contributed by atoms with van der Waals surface area (Å²) in [5.41, 5.74) is 0.205. The first kappa shape index (κ1) is 21.2. The monoisotopic (exact) mass is 451 g/mol. The largest absolute Gasteiger partial charge is 0.347 e. The van der Waals surface area contributed by atoms with Crippen LogP contribution >= 0.6 is 35.3 Å². The molecule has 1 fully saturated rings. The number of rotatable bonds is 5. The van der Waals surface area contributed by atoms with Gasteiger partial charge in [0.05, 0.1) is 15.9 Å². The molecule has 2 aromatic rings. The van der Waals surface area contributed by atoms with E-state index in [1.54, 1.807) is 6.21 Å². The number of hydrazone groups is 1. The molecule has 1 aliphatic rings. The van der Waals surface area contributed by atoms with E-state index in [1.165, 1.54) is 52.4 Å². The highest BCUT2D eigenvalue weighted by atomic mass is 32.2. The highest BCUT2D eigenvalue weighted by Gasteiger charge is 2.50. The Bertz CT molecular complexity index is 946. The number of nitrogens with zero attached hydrogens (tertiary/aromatic N) is 4. The lowest BCUT2D eigenvalue weighted by molar-refractivity contribution is -0.384. The molecule has 2 amide bonds. The molecular weight excluding hydrogens is 434 g/mol. The van der Waals surface area contributed by atoms with E-state index < -0.39 is 21.9 Å². The Kier molecular flexibility index (Phi) is 6.17. The summed E-state index contributed by atoms with van der Waals surface area (Å²) < 4.78 is -0.208.